The van der Waals surface area contributed by atoms with Gasteiger partial charge in [-0.25, -0.2) is 0 Å². The molecule has 0 aromatic carbocycles. The van der Waals surface area contributed by atoms with Crippen molar-refractivity contribution in [1.29, 1.82) is 0 Å². The molecule has 2 aliphatic rings. The summed E-state index contributed by atoms with van der Waals surface area (Å²) in [6.07, 6.45) is 6.40. The predicted octanol–water partition coefficient (Wildman–Crippen LogP) is 0.647. The van der Waals surface area contributed by atoms with Crippen LogP contribution in [0.4, 0.5) is 0 Å². The molecule has 3 nitrogen and oxygen atoms in total. The Kier molecular flexibility index (Phi) is 1.83. The monoisotopic (exact) mass is 167 g/mol. The van der Waals surface area contributed by atoms with E-state index < -0.39 is 0 Å². The number of hydrogen-bond acceptors (Lipinski definition) is 2. The largest absolute Gasteiger partial charge is 0.390 e. The van der Waals surface area contributed by atoms with Gasteiger partial charge in [0.25, 0.3) is 0 Å². The normalized spacial score (nSPS) is 47.1. The molecule has 0 aliphatic carbocycles. The predicted molar refractivity (Wildman–Crippen MR) is 50.3 cm³/mol. The van der Waals surface area contributed by atoms with Crippen LogP contribution in [0.2, 0.25) is 0 Å². The van der Waals surface area contributed by atoms with Crippen molar-refractivity contribution in [2.24, 2.45) is 10.7 Å². The van der Waals surface area contributed by atoms with Crippen LogP contribution in [-0.2, 0) is 0 Å². The second kappa shape index (κ2) is 2.73. The van der Waals surface area contributed by atoms with Crippen LogP contribution in [0, 0.1) is 0 Å². The van der Waals surface area contributed by atoms with Gasteiger partial charge >= 0.3 is 0 Å². The lowest BCUT2D eigenvalue weighted by atomic mass is 9.87. The van der Waals surface area contributed by atoms with Crippen LogP contribution < -0.4 is 11.1 Å². The topological polar surface area (TPSA) is 50.4 Å². The average molecular weight is 167 g/mol. The van der Waals surface area contributed by atoms with Crippen molar-refractivity contribution in [3.63, 3.8) is 0 Å². The second-order valence-electron chi connectivity index (χ2n) is 4.32. The summed E-state index contributed by atoms with van der Waals surface area (Å²) in [6, 6.07) is 1.38. The minimum Gasteiger partial charge on any atom is -0.390 e. The summed E-state index contributed by atoms with van der Waals surface area (Å²) in [5.74, 6) is 0. The Labute approximate surface area is 73.4 Å². The van der Waals surface area contributed by atoms with Crippen LogP contribution >= 0.6 is 0 Å². The van der Waals surface area contributed by atoms with E-state index in [2.05, 4.69) is 17.2 Å². The van der Waals surface area contributed by atoms with Crippen LogP contribution in [0.25, 0.3) is 0 Å². The summed E-state index contributed by atoms with van der Waals surface area (Å²) in [6.45, 7) is 2.21. The molecule has 0 amide bonds. The molecule has 2 saturated heterocycles. The van der Waals surface area contributed by atoms with E-state index in [9.17, 15) is 0 Å². The van der Waals surface area contributed by atoms with Crippen LogP contribution in [0.15, 0.2) is 4.99 Å². The van der Waals surface area contributed by atoms with Gasteiger partial charge in [0.2, 0.25) is 0 Å². The van der Waals surface area contributed by atoms with Crippen molar-refractivity contribution in [3.05, 3.63) is 0 Å². The first kappa shape index (κ1) is 8.05. The zero-order chi connectivity index (χ0) is 8.60. The highest BCUT2D eigenvalue weighted by Gasteiger charge is 2.40. The molecule has 2 rings (SSSR count). The third-order valence-electron chi connectivity index (χ3n) is 3.09. The van der Waals surface area contributed by atoms with Crippen molar-refractivity contribution < 1.29 is 0 Å². The Morgan fingerprint density at radius 3 is 2.50 bits per heavy atom. The molecule has 2 aliphatic heterocycles. The van der Waals surface area contributed by atoms with E-state index in [1.807, 2.05) is 0 Å². The number of fused-ring (bicyclic) bond motifs is 2. The molecular weight excluding hydrogens is 150 g/mol. The number of nitrogens with zero attached hydrogens (tertiary/aromatic N) is 1. The maximum Gasteiger partial charge on any atom is 0.0804 e. The van der Waals surface area contributed by atoms with Gasteiger partial charge in [-0.15, -0.1) is 0 Å². The fraction of sp³-hybridized carbons (Fsp3) is 0.889. The molecule has 68 valence electrons. The van der Waals surface area contributed by atoms with Gasteiger partial charge in [-0.2, -0.15) is 0 Å². The van der Waals surface area contributed by atoms with Gasteiger partial charge in [0, 0.05) is 12.1 Å². The molecule has 3 N–H and O–H groups in total. The van der Waals surface area contributed by atoms with Crippen LogP contribution in [0.3, 0.4) is 0 Å². The Balaban J connectivity index is 2.10. The van der Waals surface area contributed by atoms with E-state index >= 15 is 0 Å². The molecule has 2 bridgehead atoms. The first-order chi connectivity index (χ1) is 5.72. The lowest BCUT2D eigenvalue weighted by Gasteiger charge is -2.35. The Hall–Kier alpha value is -0.570. The van der Waals surface area contributed by atoms with Gasteiger partial charge < -0.3 is 11.1 Å². The van der Waals surface area contributed by atoms with Crippen LogP contribution in [0.1, 0.15) is 32.6 Å². The lowest BCUT2D eigenvalue weighted by Crippen LogP contribution is -2.46. The van der Waals surface area contributed by atoms with E-state index in [1.165, 1.54) is 19.2 Å². The molecule has 2 atom stereocenters. The number of aliphatic imine (C=N–C) groups is 1. The van der Waals surface area contributed by atoms with Gasteiger partial charge in [0.05, 0.1) is 11.9 Å². The molecule has 2 fully saturated rings. The molecule has 0 aromatic heterocycles. The summed E-state index contributed by atoms with van der Waals surface area (Å²) in [4.78, 5) is 4.37. The highest BCUT2D eigenvalue weighted by molar-refractivity contribution is 5.52. The highest BCUT2D eigenvalue weighted by atomic mass is 15.0. The Morgan fingerprint density at radius 1 is 1.42 bits per heavy atom. The minimum atomic E-state index is 0.117. The average Bonchev–Trinajstić information content (AvgIpc) is 2.31. The molecule has 2 heterocycles. The summed E-state index contributed by atoms with van der Waals surface area (Å²) in [5, 5.41) is 3.59. The molecule has 0 aromatic rings. The van der Waals surface area contributed by atoms with E-state index in [0.717, 1.165) is 12.8 Å². The van der Waals surface area contributed by atoms with E-state index in [1.54, 1.807) is 0 Å². The number of piperidine rings is 1. The standard InChI is InChI=1S/C9H17N3/c1-9(11-6-10)4-7-2-3-8(5-9)12-7/h6-8,12H,2-5H2,1H3,(H2,10,11). The van der Waals surface area contributed by atoms with Crippen LogP contribution in [0.5, 0.6) is 0 Å². The summed E-state index contributed by atoms with van der Waals surface area (Å²) in [7, 11) is 0. The smallest absolute Gasteiger partial charge is 0.0804 e. The maximum atomic E-state index is 5.34. The van der Waals surface area contributed by atoms with Gasteiger partial charge in [0.15, 0.2) is 0 Å². The van der Waals surface area contributed by atoms with Gasteiger partial charge in [-0.05, 0) is 32.6 Å². The lowest BCUT2D eigenvalue weighted by molar-refractivity contribution is 0.275. The zero-order valence-electron chi connectivity index (χ0n) is 7.59. The molecule has 2 unspecified atom stereocenters. The molecule has 0 radical (unpaired) electrons. The van der Waals surface area contributed by atoms with Crippen molar-refractivity contribution in [3.8, 4) is 0 Å². The quantitative estimate of drug-likeness (QED) is 0.445. The maximum absolute atomic E-state index is 5.34. The highest BCUT2D eigenvalue weighted by Crippen LogP contribution is 2.35. The first-order valence-electron chi connectivity index (χ1n) is 4.73. The number of hydrogen-bond donors (Lipinski definition) is 2. The number of nitrogens with one attached hydrogen (secondary N) is 1. The summed E-state index contributed by atoms with van der Waals surface area (Å²) >= 11 is 0. The van der Waals surface area contributed by atoms with Crippen molar-refractivity contribution in [2.45, 2.75) is 50.2 Å². The first-order valence-corrected chi connectivity index (χ1v) is 4.73. The summed E-state index contributed by atoms with van der Waals surface area (Å²) < 4.78 is 0. The van der Waals surface area contributed by atoms with Crippen LogP contribution in [-0.4, -0.2) is 24.0 Å². The fourth-order valence-corrected chi connectivity index (χ4v) is 2.65. The molecule has 0 spiro atoms. The third-order valence-corrected chi connectivity index (χ3v) is 3.09. The van der Waals surface area contributed by atoms with E-state index in [-0.39, 0.29) is 5.54 Å². The summed E-state index contributed by atoms with van der Waals surface area (Å²) in [5.41, 5.74) is 5.46. The Bertz CT molecular complexity index is 188. The molecule has 0 saturated carbocycles. The minimum absolute atomic E-state index is 0.117. The van der Waals surface area contributed by atoms with E-state index in [4.69, 9.17) is 5.73 Å². The Morgan fingerprint density at radius 2 is 2.00 bits per heavy atom. The van der Waals surface area contributed by atoms with Gasteiger partial charge in [0.1, 0.15) is 0 Å². The molecule has 12 heavy (non-hydrogen) atoms. The van der Waals surface area contributed by atoms with E-state index in [0.29, 0.717) is 12.1 Å². The number of nitrogens with two attached hydrogens (primary N) is 1. The zero-order valence-corrected chi connectivity index (χ0v) is 7.59. The fourth-order valence-electron chi connectivity index (χ4n) is 2.65. The number of rotatable bonds is 1. The van der Waals surface area contributed by atoms with Gasteiger partial charge in [-0.1, -0.05) is 0 Å². The second-order valence-corrected chi connectivity index (χ2v) is 4.32. The molecule has 3 heteroatoms. The van der Waals surface area contributed by atoms with Gasteiger partial charge in [-0.3, -0.25) is 4.99 Å². The van der Waals surface area contributed by atoms with Crippen molar-refractivity contribution in [1.82, 2.24) is 5.32 Å². The molecular formula is C9H17N3. The van der Waals surface area contributed by atoms with Crippen molar-refractivity contribution in [2.75, 3.05) is 0 Å². The third kappa shape index (κ3) is 1.33. The SMILES string of the molecule is CC1(N=CN)CC2CCC(C1)N2. The van der Waals surface area contributed by atoms with Crippen molar-refractivity contribution >= 4 is 6.34 Å².